The molecule has 1 amide bonds. The number of benzene rings is 3. The van der Waals surface area contributed by atoms with Crippen LogP contribution in [-0.2, 0) is 17.9 Å². The fraction of sp³-hybridized carbons (Fsp3) is 0.240. The molecule has 4 heteroatoms. The number of carbonyl (C=O) groups is 1. The van der Waals surface area contributed by atoms with Crippen LogP contribution in [0.15, 0.2) is 84.9 Å². The molecule has 0 saturated heterocycles. The van der Waals surface area contributed by atoms with Gasteiger partial charge in [0.2, 0.25) is 0 Å². The number of carbonyl (C=O) groups excluding carboxylic acids is 1. The van der Waals surface area contributed by atoms with Crippen molar-refractivity contribution >= 4 is 5.91 Å². The van der Waals surface area contributed by atoms with E-state index in [1.807, 2.05) is 89.8 Å². The van der Waals surface area contributed by atoms with Crippen LogP contribution in [-0.4, -0.2) is 24.0 Å². The van der Waals surface area contributed by atoms with Gasteiger partial charge in [-0.15, -0.1) is 0 Å². The van der Waals surface area contributed by atoms with Gasteiger partial charge in [-0.2, -0.15) is 0 Å². The third kappa shape index (κ3) is 6.68. The summed E-state index contributed by atoms with van der Waals surface area (Å²) >= 11 is 0. The van der Waals surface area contributed by atoms with Crippen molar-refractivity contribution in [1.29, 1.82) is 0 Å². The highest BCUT2D eigenvalue weighted by Crippen LogP contribution is 2.18. The molecule has 3 rings (SSSR count). The predicted molar refractivity (Wildman–Crippen MR) is 115 cm³/mol. The quantitative estimate of drug-likeness (QED) is 0.485. The number of nitrogens with zero attached hydrogens (tertiary/aromatic N) is 1. The molecule has 0 aliphatic heterocycles. The highest BCUT2D eigenvalue weighted by atomic mass is 16.5. The molecular weight excluding hydrogens is 362 g/mol. The van der Waals surface area contributed by atoms with Gasteiger partial charge >= 0.3 is 0 Å². The van der Waals surface area contributed by atoms with Crippen LogP contribution in [0.1, 0.15) is 24.5 Å². The lowest BCUT2D eigenvalue weighted by molar-refractivity contribution is -0.134. The third-order valence-electron chi connectivity index (χ3n) is 4.44. The molecule has 0 atom stereocenters. The molecule has 4 nitrogen and oxygen atoms in total. The fourth-order valence-corrected chi connectivity index (χ4v) is 2.93. The van der Waals surface area contributed by atoms with E-state index in [-0.39, 0.29) is 12.5 Å². The highest BCUT2D eigenvalue weighted by molar-refractivity contribution is 5.77. The molecule has 0 aliphatic carbocycles. The van der Waals surface area contributed by atoms with Gasteiger partial charge in [0.15, 0.2) is 6.61 Å². The van der Waals surface area contributed by atoms with E-state index in [9.17, 15) is 4.79 Å². The molecule has 3 aromatic carbocycles. The summed E-state index contributed by atoms with van der Waals surface area (Å²) in [6, 6.07) is 27.4. The van der Waals surface area contributed by atoms with Crippen molar-refractivity contribution in [3.05, 3.63) is 96.1 Å². The first kappa shape index (κ1) is 20.5. The van der Waals surface area contributed by atoms with Crippen LogP contribution in [0.4, 0.5) is 0 Å². The summed E-state index contributed by atoms with van der Waals surface area (Å²) in [6.45, 7) is 3.84. The maximum atomic E-state index is 12.9. The Morgan fingerprint density at radius 3 is 1.69 bits per heavy atom. The number of amides is 1. The monoisotopic (exact) mass is 389 g/mol. The van der Waals surface area contributed by atoms with Gasteiger partial charge < -0.3 is 14.4 Å². The first-order chi connectivity index (χ1) is 14.2. The zero-order chi connectivity index (χ0) is 20.3. The molecule has 3 aromatic rings. The predicted octanol–water partition coefficient (Wildman–Crippen LogP) is 5.08. The summed E-state index contributed by atoms with van der Waals surface area (Å²) in [7, 11) is 0. The summed E-state index contributed by atoms with van der Waals surface area (Å²) in [5.41, 5.74) is 2.18. The molecule has 0 fully saturated rings. The van der Waals surface area contributed by atoms with Crippen LogP contribution >= 0.6 is 0 Å². The minimum atomic E-state index is -0.0518. The zero-order valence-corrected chi connectivity index (χ0v) is 16.8. The Balaban J connectivity index is 1.62. The first-order valence-corrected chi connectivity index (χ1v) is 9.96. The summed E-state index contributed by atoms with van der Waals surface area (Å²) in [5, 5.41) is 0. The molecule has 150 valence electrons. The zero-order valence-electron chi connectivity index (χ0n) is 16.8. The Morgan fingerprint density at radius 1 is 0.724 bits per heavy atom. The van der Waals surface area contributed by atoms with Crippen molar-refractivity contribution < 1.29 is 14.3 Å². The van der Waals surface area contributed by atoms with Crippen molar-refractivity contribution in [2.45, 2.75) is 26.4 Å². The third-order valence-corrected chi connectivity index (χ3v) is 4.44. The standard InChI is InChI=1S/C25H27NO3/c1-2-17-28-23-13-15-24(16-14-23)29-20-25(27)26(18-21-9-5-3-6-10-21)19-22-11-7-4-8-12-22/h3-16H,2,17-20H2,1H3. The second-order valence-electron chi connectivity index (χ2n) is 6.83. The average Bonchev–Trinajstić information content (AvgIpc) is 2.78. The largest absolute Gasteiger partial charge is 0.494 e. The van der Waals surface area contributed by atoms with Gasteiger partial charge in [-0.25, -0.2) is 0 Å². The van der Waals surface area contributed by atoms with E-state index >= 15 is 0 Å². The molecule has 0 unspecified atom stereocenters. The van der Waals surface area contributed by atoms with Crippen molar-refractivity contribution in [3.63, 3.8) is 0 Å². The lowest BCUT2D eigenvalue weighted by Gasteiger charge is -2.23. The summed E-state index contributed by atoms with van der Waals surface area (Å²) in [6.07, 6.45) is 0.964. The smallest absolute Gasteiger partial charge is 0.261 e. The summed E-state index contributed by atoms with van der Waals surface area (Å²) in [4.78, 5) is 14.7. The fourth-order valence-electron chi connectivity index (χ4n) is 2.93. The lowest BCUT2D eigenvalue weighted by Crippen LogP contribution is -2.34. The van der Waals surface area contributed by atoms with Gasteiger partial charge in [0.25, 0.3) is 5.91 Å². The van der Waals surface area contributed by atoms with E-state index in [1.54, 1.807) is 0 Å². The van der Waals surface area contributed by atoms with E-state index in [2.05, 4.69) is 6.92 Å². The van der Waals surface area contributed by atoms with Crippen LogP contribution in [0.25, 0.3) is 0 Å². The van der Waals surface area contributed by atoms with Crippen LogP contribution in [0, 0.1) is 0 Å². The van der Waals surface area contributed by atoms with Crippen LogP contribution in [0.5, 0.6) is 11.5 Å². The number of rotatable bonds is 10. The maximum absolute atomic E-state index is 12.9. The van der Waals surface area contributed by atoms with Crippen molar-refractivity contribution in [3.8, 4) is 11.5 Å². The van der Waals surface area contributed by atoms with Gasteiger partial charge in [0.05, 0.1) is 6.61 Å². The minimum Gasteiger partial charge on any atom is -0.494 e. The van der Waals surface area contributed by atoms with E-state index in [4.69, 9.17) is 9.47 Å². The van der Waals surface area contributed by atoms with Gasteiger partial charge in [0, 0.05) is 13.1 Å². The Morgan fingerprint density at radius 2 is 1.21 bits per heavy atom. The van der Waals surface area contributed by atoms with Gasteiger partial charge in [-0.3, -0.25) is 4.79 Å². The molecule has 0 N–H and O–H groups in total. The molecule has 29 heavy (non-hydrogen) atoms. The average molecular weight is 389 g/mol. The van der Waals surface area contributed by atoms with Gasteiger partial charge in [-0.05, 0) is 41.8 Å². The van der Waals surface area contributed by atoms with Crippen LogP contribution in [0.2, 0.25) is 0 Å². The molecule has 0 spiro atoms. The number of ether oxygens (including phenoxy) is 2. The van der Waals surface area contributed by atoms with Crippen molar-refractivity contribution in [2.75, 3.05) is 13.2 Å². The van der Waals surface area contributed by atoms with Crippen molar-refractivity contribution in [2.24, 2.45) is 0 Å². The molecule has 0 saturated carbocycles. The molecule has 0 radical (unpaired) electrons. The molecule has 0 aromatic heterocycles. The number of hydrogen-bond donors (Lipinski definition) is 0. The summed E-state index contributed by atoms with van der Waals surface area (Å²) < 4.78 is 11.3. The Bertz CT molecular complexity index is 822. The first-order valence-electron chi connectivity index (χ1n) is 9.96. The van der Waals surface area contributed by atoms with E-state index in [1.165, 1.54) is 0 Å². The van der Waals surface area contributed by atoms with Crippen LogP contribution < -0.4 is 9.47 Å². The molecule has 0 heterocycles. The van der Waals surface area contributed by atoms with E-state index in [0.29, 0.717) is 25.4 Å². The second kappa shape index (κ2) is 10.9. The molecular formula is C25H27NO3. The highest BCUT2D eigenvalue weighted by Gasteiger charge is 2.15. The van der Waals surface area contributed by atoms with Gasteiger partial charge in [-0.1, -0.05) is 67.6 Å². The van der Waals surface area contributed by atoms with E-state index < -0.39 is 0 Å². The molecule has 0 aliphatic rings. The van der Waals surface area contributed by atoms with Crippen LogP contribution in [0.3, 0.4) is 0 Å². The normalized spacial score (nSPS) is 10.4. The topological polar surface area (TPSA) is 38.8 Å². The number of hydrogen-bond acceptors (Lipinski definition) is 3. The summed E-state index contributed by atoms with van der Waals surface area (Å²) in [5.74, 6) is 1.41. The van der Waals surface area contributed by atoms with E-state index in [0.717, 1.165) is 23.3 Å². The Labute approximate surface area is 172 Å². The van der Waals surface area contributed by atoms with Gasteiger partial charge in [0.1, 0.15) is 11.5 Å². The van der Waals surface area contributed by atoms with Crippen molar-refractivity contribution in [1.82, 2.24) is 4.90 Å². The minimum absolute atomic E-state index is 0.00513. The lowest BCUT2D eigenvalue weighted by atomic mass is 10.1. The molecule has 0 bridgehead atoms. The maximum Gasteiger partial charge on any atom is 0.261 e. The Hall–Kier alpha value is -3.27. The SMILES string of the molecule is CCCOc1ccc(OCC(=O)N(Cc2ccccc2)Cc2ccccc2)cc1. The Kier molecular flexibility index (Phi) is 7.70. The second-order valence-corrected chi connectivity index (χ2v) is 6.83.